The van der Waals surface area contributed by atoms with Gasteiger partial charge in [0, 0.05) is 29.3 Å². The van der Waals surface area contributed by atoms with Crippen LogP contribution >= 0.6 is 22.6 Å². The Labute approximate surface area is 114 Å². The van der Waals surface area contributed by atoms with Crippen LogP contribution in [0.5, 0.6) is 0 Å². The fraction of sp³-hybridized carbons (Fsp3) is 0.455. The number of aliphatic hydroxyl groups excluding tert-OH is 1. The van der Waals surface area contributed by atoms with Gasteiger partial charge in [-0.1, -0.05) is 0 Å². The Kier molecular flexibility index (Phi) is 5.13. The Morgan fingerprint density at radius 1 is 1.59 bits per heavy atom. The van der Waals surface area contributed by atoms with Crippen molar-refractivity contribution in [2.24, 2.45) is 0 Å². The Morgan fingerprint density at radius 2 is 2.24 bits per heavy atom. The predicted octanol–water partition coefficient (Wildman–Crippen LogP) is 2.41. The van der Waals surface area contributed by atoms with Crippen molar-refractivity contribution in [3.05, 3.63) is 31.9 Å². The van der Waals surface area contributed by atoms with E-state index in [1.807, 2.05) is 11.9 Å². The lowest BCUT2D eigenvalue weighted by Crippen LogP contribution is -2.22. The van der Waals surface area contributed by atoms with Crippen LogP contribution in [0.25, 0.3) is 0 Å². The normalized spacial score (nSPS) is 12.2. The highest BCUT2D eigenvalue weighted by molar-refractivity contribution is 14.1. The van der Waals surface area contributed by atoms with Gasteiger partial charge in [-0.3, -0.25) is 10.1 Å². The maximum atomic E-state index is 10.6. The summed E-state index contributed by atoms with van der Waals surface area (Å²) in [5.74, 6) is 0. The lowest BCUT2D eigenvalue weighted by molar-refractivity contribution is -0.384. The topological polar surface area (TPSA) is 66.6 Å². The minimum atomic E-state index is -0.401. The summed E-state index contributed by atoms with van der Waals surface area (Å²) in [5.41, 5.74) is 1.04. The number of rotatable bonds is 5. The van der Waals surface area contributed by atoms with Crippen molar-refractivity contribution in [1.82, 2.24) is 0 Å². The molecule has 0 heterocycles. The number of nitro benzene ring substituents is 1. The number of nitro groups is 1. The van der Waals surface area contributed by atoms with Crippen molar-refractivity contribution in [3.8, 4) is 0 Å². The van der Waals surface area contributed by atoms with Crippen LogP contribution in [0.3, 0.4) is 0 Å². The lowest BCUT2D eigenvalue weighted by atomic mass is 10.2. The number of hydrogen-bond donors (Lipinski definition) is 1. The SMILES string of the molecule is CC(O)CCN(C)c1ccc([N+](=O)[O-])cc1I. The molecule has 1 atom stereocenters. The molecule has 0 radical (unpaired) electrons. The van der Waals surface area contributed by atoms with Crippen molar-refractivity contribution in [2.45, 2.75) is 19.4 Å². The van der Waals surface area contributed by atoms with E-state index in [1.54, 1.807) is 19.1 Å². The van der Waals surface area contributed by atoms with E-state index in [0.717, 1.165) is 9.26 Å². The van der Waals surface area contributed by atoms with Gasteiger partial charge in [0.05, 0.1) is 16.7 Å². The smallest absolute Gasteiger partial charge is 0.270 e. The van der Waals surface area contributed by atoms with Gasteiger partial charge in [0.15, 0.2) is 0 Å². The zero-order chi connectivity index (χ0) is 13.0. The molecule has 0 amide bonds. The second-order valence-electron chi connectivity index (χ2n) is 3.95. The van der Waals surface area contributed by atoms with E-state index in [0.29, 0.717) is 13.0 Å². The molecule has 1 N–H and O–H groups in total. The fourth-order valence-corrected chi connectivity index (χ4v) is 2.33. The number of aliphatic hydroxyl groups is 1. The predicted molar refractivity (Wildman–Crippen MR) is 75.4 cm³/mol. The van der Waals surface area contributed by atoms with Crippen LogP contribution in [-0.2, 0) is 0 Å². The van der Waals surface area contributed by atoms with E-state index in [2.05, 4.69) is 22.6 Å². The van der Waals surface area contributed by atoms with Crippen LogP contribution in [0.2, 0.25) is 0 Å². The van der Waals surface area contributed by atoms with Gasteiger partial charge in [-0.05, 0) is 42.0 Å². The molecule has 0 bridgehead atoms. The molecule has 0 fully saturated rings. The number of non-ortho nitro benzene ring substituents is 1. The van der Waals surface area contributed by atoms with Gasteiger partial charge >= 0.3 is 0 Å². The summed E-state index contributed by atoms with van der Waals surface area (Å²) >= 11 is 2.08. The first-order valence-electron chi connectivity index (χ1n) is 5.25. The third kappa shape index (κ3) is 4.12. The molecule has 0 spiro atoms. The molecule has 1 unspecified atom stereocenters. The number of benzene rings is 1. The van der Waals surface area contributed by atoms with Crippen molar-refractivity contribution >= 4 is 34.0 Å². The van der Waals surface area contributed by atoms with Gasteiger partial charge in [0.25, 0.3) is 5.69 Å². The monoisotopic (exact) mass is 350 g/mol. The summed E-state index contributed by atoms with van der Waals surface area (Å²) in [6.45, 7) is 2.46. The highest BCUT2D eigenvalue weighted by Crippen LogP contribution is 2.26. The highest BCUT2D eigenvalue weighted by atomic mass is 127. The fourth-order valence-electron chi connectivity index (χ4n) is 1.42. The van der Waals surface area contributed by atoms with Gasteiger partial charge in [0.1, 0.15) is 0 Å². The summed E-state index contributed by atoms with van der Waals surface area (Å²) < 4.78 is 0.838. The molecule has 5 nitrogen and oxygen atoms in total. The van der Waals surface area contributed by atoms with E-state index >= 15 is 0 Å². The van der Waals surface area contributed by atoms with Crippen LogP contribution < -0.4 is 4.90 Å². The second-order valence-corrected chi connectivity index (χ2v) is 5.11. The van der Waals surface area contributed by atoms with Crippen LogP contribution in [0, 0.1) is 13.7 Å². The van der Waals surface area contributed by atoms with E-state index in [1.165, 1.54) is 6.07 Å². The average Bonchev–Trinajstić information content (AvgIpc) is 2.25. The molecule has 0 aliphatic rings. The average molecular weight is 350 g/mol. The minimum absolute atomic E-state index is 0.0991. The molecule has 1 aromatic rings. The van der Waals surface area contributed by atoms with E-state index in [4.69, 9.17) is 0 Å². The van der Waals surface area contributed by atoms with Crippen molar-refractivity contribution in [3.63, 3.8) is 0 Å². The Morgan fingerprint density at radius 3 is 2.71 bits per heavy atom. The molecule has 94 valence electrons. The van der Waals surface area contributed by atoms with Crippen molar-refractivity contribution in [1.29, 1.82) is 0 Å². The second kappa shape index (κ2) is 6.15. The molecule has 1 rings (SSSR count). The summed E-state index contributed by atoms with van der Waals surface area (Å²) in [6.07, 6.45) is 0.331. The summed E-state index contributed by atoms with van der Waals surface area (Å²) in [6, 6.07) is 4.78. The first-order chi connectivity index (χ1) is 7.91. The Bertz CT molecular complexity index is 410. The van der Waals surface area contributed by atoms with Crippen LogP contribution in [0.4, 0.5) is 11.4 Å². The molecule has 0 saturated heterocycles. The maximum absolute atomic E-state index is 10.6. The van der Waals surface area contributed by atoms with Crippen LogP contribution in [-0.4, -0.2) is 29.7 Å². The van der Waals surface area contributed by atoms with Gasteiger partial charge in [0.2, 0.25) is 0 Å². The van der Waals surface area contributed by atoms with E-state index in [-0.39, 0.29) is 11.8 Å². The largest absolute Gasteiger partial charge is 0.393 e. The molecule has 0 aliphatic heterocycles. The number of nitrogens with zero attached hydrogens (tertiary/aromatic N) is 2. The van der Waals surface area contributed by atoms with Crippen molar-refractivity contribution in [2.75, 3.05) is 18.5 Å². The first-order valence-corrected chi connectivity index (χ1v) is 6.33. The molecular formula is C11H15IN2O3. The Balaban J connectivity index is 2.81. The molecule has 0 aliphatic carbocycles. The minimum Gasteiger partial charge on any atom is -0.393 e. The van der Waals surface area contributed by atoms with E-state index < -0.39 is 4.92 Å². The van der Waals surface area contributed by atoms with Crippen LogP contribution in [0.15, 0.2) is 18.2 Å². The molecular weight excluding hydrogens is 335 g/mol. The maximum Gasteiger partial charge on any atom is 0.270 e. The van der Waals surface area contributed by atoms with Crippen molar-refractivity contribution < 1.29 is 10.0 Å². The van der Waals surface area contributed by atoms with Gasteiger partial charge in [-0.2, -0.15) is 0 Å². The number of anilines is 1. The third-order valence-electron chi connectivity index (χ3n) is 2.44. The van der Waals surface area contributed by atoms with Gasteiger partial charge in [-0.25, -0.2) is 0 Å². The zero-order valence-corrected chi connectivity index (χ0v) is 11.9. The summed E-state index contributed by atoms with van der Waals surface area (Å²) in [4.78, 5) is 12.2. The third-order valence-corrected chi connectivity index (χ3v) is 3.30. The summed E-state index contributed by atoms with van der Waals surface area (Å²) in [5, 5.41) is 19.8. The summed E-state index contributed by atoms with van der Waals surface area (Å²) in [7, 11) is 1.91. The number of hydrogen-bond acceptors (Lipinski definition) is 4. The standard InChI is InChI=1S/C11H15IN2O3/c1-8(15)5-6-13(2)11-4-3-9(14(16)17)7-10(11)12/h3-4,7-8,15H,5-6H2,1-2H3. The van der Waals surface area contributed by atoms with Gasteiger partial charge < -0.3 is 10.0 Å². The quantitative estimate of drug-likeness (QED) is 0.503. The highest BCUT2D eigenvalue weighted by Gasteiger charge is 2.12. The molecule has 17 heavy (non-hydrogen) atoms. The molecule has 0 saturated carbocycles. The molecule has 1 aromatic carbocycles. The van der Waals surface area contributed by atoms with Gasteiger partial charge in [-0.15, -0.1) is 0 Å². The van der Waals surface area contributed by atoms with E-state index in [9.17, 15) is 15.2 Å². The lowest BCUT2D eigenvalue weighted by Gasteiger charge is -2.21. The molecule has 0 aromatic heterocycles. The zero-order valence-electron chi connectivity index (χ0n) is 9.76. The number of halogens is 1. The first kappa shape index (κ1) is 14.2. The Hall–Kier alpha value is -0.890. The van der Waals surface area contributed by atoms with Crippen LogP contribution in [0.1, 0.15) is 13.3 Å². The molecule has 6 heteroatoms.